The van der Waals surface area contributed by atoms with Gasteiger partial charge in [0, 0.05) is 0 Å². The molecule has 0 aromatic heterocycles. The summed E-state index contributed by atoms with van der Waals surface area (Å²) in [5, 5.41) is 21.6. The highest BCUT2D eigenvalue weighted by Gasteiger charge is 2.26. The van der Waals surface area contributed by atoms with Crippen molar-refractivity contribution in [2.75, 3.05) is 6.61 Å². The van der Waals surface area contributed by atoms with Gasteiger partial charge in [-0.3, -0.25) is 4.79 Å². The molecule has 1 unspecified atom stereocenters. The molecule has 0 heterocycles. The summed E-state index contributed by atoms with van der Waals surface area (Å²) in [4.78, 5) is 11.6. The zero-order valence-electron chi connectivity index (χ0n) is 10.8. The van der Waals surface area contributed by atoms with Gasteiger partial charge < -0.3 is 20.3 Å². The van der Waals surface area contributed by atoms with E-state index in [4.69, 9.17) is 4.74 Å². The molecule has 0 saturated heterocycles. The Morgan fingerprint density at radius 3 is 2.61 bits per heavy atom. The molecule has 1 rings (SSSR count). The van der Waals surface area contributed by atoms with Crippen LogP contribution >= 0.6 is 0 Å². The number of phenolic OH excluding ortho intramolecular Hbond substituents is 1. The van der Waals surface area contributed by atoms with Gasteiger partial charge in [-0.05, 0) is 32.9 Å². The maximum atomic E-state index is 11.6. The van der Waals surface area contributed by atoms with Crippen molar-refractivity contribution in [2.45, 2.75) is 32.4 Å². The number of para-hydroxylation sites is 2. The van der Waals surface area contributed by atoms with Gasteiger partial charge in [0.25, 0.3) is 5.91 Å². The van der Waals surface area contributed by atoms with Crippen LogP contribution < -0.4 is 10.1 Å². The number of ether oxygens (including phenoxy) is 1. The lowest BCUT2D eigenvalue weighted by molar-refractivity contribution is -0.126. The van der Waals surface area contributed by atoms with E-state index in [9.17, 15) is 15.0 Å². The maximum Gasteiger partial charge on any atom is 0.258 e. The number of hydrogen-bond acceptors (Lipinski definition) is 4. The van der Waals surface area contributed by atoms with Crippen molar-refractivity contribution in [1.82, 2.24) is 5.32 Å². The summed E-state index contributed by atoms with van der Waals surface area (Å²) in [6, 6.07) is 6.42. The van der Waals surface area contributed by atoms with E-state index >= 15 is 0 Å². The van der Waals surface area contributed by atoms with Gasteiger partial charge in [-0.2, -0.15) is 0 Å². The van der Waals surface area contributed by atoms with Crippen molar-refractivity contribution in [2.24, 2.45) is 0 Å². The molecule has 100 valence electrons. The number of nitrogens with one attached hydrogen (secondary N) is 1. The number of benzene rings is 1. The molecular formula is C13H19NO4. The van der Waals surface area contributed by atoms with Crippen molar-refractivity contribution in [3.63, 3.8) is 0 Å². The summed E-state index contributed by atoms with van der Waals surface area (Å²) in [7, 11) is 0. The highest BCUT2D eigenvalue weighted by molar-refractivity contribution is 5.78. The Balaban J connectivity index is 2.50. The van der Waals surface area contributed by atoms with Crippen molar-refractivity contribution >= 4 is 5.91 Å². The molecule has 1 aromatic rings. The molecule has 1 amide bonds. The normalized spacial score (nSPS) is 12.9. The topological polar surface area (TPSA) is 78.8 Å². The molecule has 0 fully saturated rings. The summed E-state index contributed by atoms with van der Waals surface area (Å²) in [6.45, 7) is 4.82. The predicted octanol–water partition coefficient (Wildman–Crippen LogP) is 1.05. The minimum absolute atomic E-state index is 0.0138. The summed E-state index contributed by atoms with van der Waals surface area (Å²) < 4.78 is 5.18. The van der Waals surface area contributed by atoms with Gasteiger partial charge in [0.15, 0.2) is 18.1 Å². The van der Waals surface area contributed by atoms with Gasteiger partial charge in [-0.1, -0.05) is 12.1 Å². The summed E-state index contributed by atoms with van der Waals surface area (Å²) >= 11 is 0. The lowest BCUT2D eigenvalue weighted by atomic mass is 9.99. The average molecular weight is 253 g/mol. The van der Waals surface area contributed by atoms with E-state index in [0.29, 0.717) is 0 Å². The third-order valence-corrected chi connectivity index (χ3v) is 2.73. The van der Waals surface area contributed by atoms with Crippen LogP contribution in [0.1, 0.15) is 20.8 Å². The van der Waals surface area contributed by atoms with Gasteiger partial charge in [-0.25, -0.2) is 0 Å². The molecular weight excluding hydrogens is 234 g/mol. The van der Waals surface area contributed by atoms with Crippen LogP contribution in [0.5, 0.6) is 11.5 Å². The predicted molar refractivity (Wildman–Crippen MR) is 67.5 cm³/mol. The van der Waals surface area contributed by atoms with Crippen molar-refractivity contribution in [3.8, 4) is 11.5 Å². The highest BCUT2D eigenvalue weighted by atomic mass is 16.5. The van der Waals surface area contributed by atoms with Crippen LogP contribution in [0.25, 0.3) is 0 Å². The Labute approximate surface area is 106 Å². The number of rotatable bonds is 5. The van der Waals surface area contributed by atoms with Gasteiger partial charge in [-0.15, -0.1) is 0 Å². The Kier molecular flexibility index (Phi) is 4.55. The average Bonchev–Trinajstić information content (AvgIpc) is 2.27. The Bertz CT molecular complexity index is 415. The van der Waals surface area contributed by atoms with Crippen LogP contribution in [0.3, 0.4) is 0 Å². The minimum Gasteiger partial charge on any atom is -0.504 e. The molecule has 5 nitrogen and oxygen atoms in total. The second kappa shape index (κ2) is 5.73. The first kappa shape index (κ1) is 14.3. The smallest absolute Gasteiger partial charge is 0.258 e. The number of carbonyl (C=O) groups excluding carboxylic acids is 1. The van der Waals surface area contributed by atoms with Crippen molar-refractivity contribution in [1.29, 1.82) is 0 Å². The van der Waals surface area contributed by atoms with Crippen molar-refractivity contribution < 1.29 is 19.7 Å². The van der Waals surface area contributed by atoms with Crippen LogP contribution in [0, 0.1) is 0 Å². The Morgan fingerprint density at radius 1 is 1.44 bits per heavy atom. The zero-order chi connectivity index (χ0) is 13.8. The maximum absolute atomic E-state index is 11.6. The van der Waals surface area contributed by atoms with Gasteiger partial charge in [0.1, 0.15) is 0 Å². The van der Waals surface area contributed by atoms with Gasteiger partial charge in [0.05, 0.1) is 11.6 Å². The molecule has 1 atom stereocenters. The van der Waals surface area contributed by atoms with Crippen LogP contribution in [-0.2, 0) is 4.79 Å². The minimum atomic E-state index is -0.723. The first-order chi connectivity index (χ1) is 8.33. The van der Waals surface area contributed by atoms with E-state index in [1.165, 1.54) is 6.07 Å². The molecule has 0 aliphatic heterocycles. The van der Waals surface area contributed by atoms with Crippen LogP contribution in [0.2, 0.25) is 0 Å². The number of phenols is 1. The highest BCUT2D eigenvalue weighted by Crippen LogP contribution is 2.24. The van der Waals surface area contributed by atoms with E-state index in [1.807, 2.05) is 0 Å². The quantitative estimate of drug-likeness (QED) is 0.732. The van der Waals surface area contributed by atoms with E-state index < -0.39 is 11.6 Å². The SMILES string of the molecule is CC(O)C(C)(C)NC(=O)COc1ccccc1O. The molecule has 0 aliphatic rings. The van der Waals surface area contributed by atoms with E-state index in [1.54, 1.807) is 39.0 Å². The van der Waals surface area contributed by atoms with Crippen LogP contribution in [-0.4, -0.2) is 34.4 Å². The lowest BCUT2D eigenvalue weighted by Crippen LogP contribution is -2.52. The Morgan fingerprint density at radius 2 is 2.06 bits per heavy atom. The number of aromatic hydroxyl groups is 1. The van der Waals surface area contributed by atoms with Crippen molar-refractivity contribution in [3.05, 3.63) is 24.3 Å². The van der Waals surface area contributed by atoms with Gasteiger partial charge in [0.2, 0.25) is 0 Å². The number of aliphatic hydroxyl groups is 1. The van der Waals surface area contributed by atoms with Crippen LogP contribution in [0.15, 0.2) is 24.3 Å². The second-order valence-corrected chi connectivity index (χ2v) is 4.70. The number of hydrogen-bond donors (Lipinski definition) is 3. The molecule has 0 saturated carbocycles. The summed E-state index contributed by atoms with van der Waals surface area (Å²) in [5.74, 6) is -0.119. The molecule has 0 radical (unpaired) electrons. The largest absolute Gasteiger partial charge is 0.504 e. The van der Waals surface area contributed by atoms with E-state index in [2.05, 4.69) is 5.32 Å². The molecule has 0 aliphatic carbocycles. The summed E-state index contributed by atoms with van der Waals surface area (Å²) in [6.07, 6.45) is -0.674. The number of carbonyl (C=O) groups is 1. The molecule has 18 heavy (non-hydrogen) atoms. The van der Waals surface area contributed by atoms with E-state index in [-0.39, 0.29) is 24.0 Å². The second-order valence-electron chi connectivity index (χ2n) is 4.70. The number of amides is 1. The molecule has 0 spiro atoms. The fraction of sp³-hybridized carbons (Fsp3) is 0.462. The molecule has 0 bridgehead atoms. The summed E-state index contributed by atoms with van der Waals surface area (Å²) in [5.41, 5.74) is -0.723. The first-order valence-corrected chi connectivity index (χ1v) is 5.73. The monoisotopic (exact) mass is 253 g/mol. The fourth-order valence-corrected chi connectivity index (χ4v) is 1.22. The van der Waals surface area contributed by atoms with Gasteiger partial charge >= 0.3 is 0 Å². The third-order valence-electron chi connectivity index (χ3n) is 2.73. The third kappa shape index (κ3) is 3.92. The zero-order valence-corrected chi connectivity index (χ0v) is 10.8. The lowest BCUT2D eigenvalue weighted by Gasteiger charge is -2.29. The molecule has 3 N–H and O–H groups in total. The van der Waals surface area contributed by atoms with Crippen LogP contribution in [0.4, 0.5) is 0 Å². The fourth-order valence-electron chi connectivity index (χ4n) is 1.22. The molecule has 5 heteroatoms. The molecule has 1 aromatic carbocycles. The standard InChI is InChI=1S/C13H19NO4/c1-9(15)13(2,3)14-12(17)8-18-11-7-5-4-6-10(11)16/h4-7,9,15-16H,8H2,1-3H3,(H,14,17). The first-order valence-electron chi connectivity index (χ1n) is 5.73. The Hall–Kier alpha value is -1.75. The number of aliphatic hydroxyl groups excluding tert-OH is 1. The van der Waals surface area contributed by atoms with E-state index in [0.717, 1.165) is 0 Å².